The fourth-order valence-corrected chi connectivity index (χ4v) is 3.39. The second-order valence-electron chi connectivity index (χ2n) is 5.23. The topological polar surface area (TPSA) is 70.2 Å². The van der Waals surface area contributed by atoms with Crippen LogP contribution in [0, 0.1) is 0 Å². The van der Waals surface area contributed by atoms with Gasteiger partial charge in [0.15, 0.2) is 10.9 Å². The van der Waals surface area contributed by atoms with E-state index in [0.717, 1.165) is 0 Å². The zero-order valence-electron chi connectivity index (χ0n) is 14.0. The molecule has 6 nitrogen and oxygen atoms in total. The summed E-state index contributed by atoms with van der Waals surface area (Å²) >= 11 is 13.4. The predicted molar refractivity (Wildman–Crippen MR) is 101 cm³/mol. The van der Waals surface area contributed by atoms with E-state index in [1.807, 2.05) is 0 Å². The maximum atomic E-state index is 12.0. The van der Waals surface area contributed by atoms with E-state index in [4.69, 9.17) is 32.4 Å². The van der Waals surface area contributed by atoms with Crippen LogP contribution >= 0.6 is 35.0 Å². The Bertz CT molecular complexity index is 912. The Labute approximate surface area is 164 Å². The summed E-state index contributed by atoms with van der Waals surface area (Å²) in [6, 6.07) is 8.73. The van der Waals surface area contributed by atoms with Crippen LogP contribution in [0.3, 0.4) is 0 Å². The first-order valence-corrected chi connectivity index (χ1v) is 9.42. The second-order valence-corrected chi connectivity index (χ2v) is 7.35. The zero-order chi connectivity index (χ0) is 18.7. The zero-order valence-corrected chi connectivity index (χ0v) is 16.3. The van der Waals surface area contributed by atoms with E-state index < -0.39 is 5.25 Å². The van der Waals surface area contributed by atoms with E-state index in [0.29, 0.717) is 39.1 Å². The highest BCUT2D eigenvalue weighted by Gasteiger charge is 2.23. The average molecular weight is 412 g/mol. The van der Waals surface area contributed by atoms with Crippen molar-refractivity contribution in [3.63, 3.8) is 0 Å². The van der Waals surface area contributed by atoms with Crippen LogP contribution in [-0.4, -0.2) is 32.6 Å². The molecule has 0 amide bonds. The van der Waals surface area contributed by atoms with Gasteiger partial charge >= 0.3 is 5.97 Å². The molecule has 0 bridgehead atoms. The summed E-state index contributed by atoms with van der Waals surface area (Å²) in [6.07, 6.45) is 1.55. The first-order chi connectivity index (χ1) is 12.5. The van der Waals surface area contributed by atoms with Gasteiger partial charge < -0.3 is 9.15 Å². The SMILES string of the molecule is CCOC(=O)[C@H](C)Sc1nnc(-c2ccco2)n1-c1ccc(Cl)c(Cl)c1. The third-order valence-corrected chi connectivity index (χ3v) is 5.20. The van der Waals surface area contributed by atoms with Gasteiger partial charge in [0, 0.05) is 0 Å². The molecular weight excluding hydrogens is 397 g/mol. The molecule has 3 rings (SSSR count). The van der Waals surface area contributed by atoms with Gasteiger partial charge in [0.1, 0.15) is 5.25 Å². The Kier molecular flexibility index (Phi) is 5.90. The fraction of sp³-hybridized carbons (Fsp3) is 0.235. The molecule has 0 fully saturated rings. The largest absolute Gasteiger partial charge is 0.465 e. The quantitative estimate of drug-likeness (QED) is 0.425. The number of thioether (sulfide) groups is 1. The Morgan fingerprint density at radius 2 is 2.12 bits per heavy atom. The lowest BCUT2D eigenvalue weighted by atomic mass is 10.3. The molecule has 2 aromatic heterocycles. The third kappa shape index (κ3) is 3.90. The predicted octanol–water partition coefficient (Wildman–Crippen LogP) is 4.88. The molecule has 3 aromatic rings. The summed E-state index contributed by atoms with van der Waals surface area (Å²) in [4.78, 5) is 12.0. The summed E-state index contributed by atoms with van der Waals surface area (Å²) in [7, 11) is 0. The van der Waals surface area contributed by atoms with Gasteiger partial charge in [-0.3, -0.25) is 9.36 Å². The van der Waals surface area contributed by atoms with E-state index in [1.54, 1.807) is 55.0 Å². The van der Waals surface area contributed by atoms with Crippen molar-refractivity contribution < 1.29 is 13.9 Å². The van der Waals surface area contributed by atoms with Crippen LogP contribution in [0.5, 0.6) is 0 Å². The van der Waals surface area contributed by atoms with Crippen LogP contribution < -0.4 is 0 Å². The van der Waals surface area contributed by atoms with Gasteiger partial charge in [0.2, 0.25) is 5.82 Å². The highest BCUT2D eigenvalue weighted by Crippen LogP contribution is 2.33. The lowest BCUT2D eigenvalue weighted by Crippen LogP contribution is -2.17. The summed E-state index contributed by atoms with van der Waals surface area (Å²) in [6.45, 7) is 3.84. The van der Waals surface area contributed by atoms with Gasteiger partial charge in [-0.1, -0.05) is 35.0 Å². The van der Waals surface area contributed by atoms with Crippen LogP contribution in [0.1, 0.15) is 13.8 Å². The van der Waals surface area contributed by atoms with E-state index >= 15 is 0 Å². The summed E-state index contributed by atoms with van der Waals surface area (Å²) in [5.74, 6) is 0.715. The van der Waals surface area contributed by atoms with E-state index in [9.17, 15) is 4.79 Å². The van der Waals surface area contributed by atoms with Crippen molar-refractivity contribution in [2.45, 2.75) is 24.3 Å². The second kappa shape index (κ2) is 8.16. The summed E-state index contributed by atoms with van der Waals surface area (Å²) < 4.78 is 12.3. The number of benzene rings is 1. The highest BCUT2D eigenvalue weighted by molar-refractivity contribution is 8.00. The number of aromatic nitrogens is 3. The Balaban J connectivity index is 2.05. The number of hydrogen-bond acceptors (Lipinski definition) is 6. The lowest BCUT2D eigenvalue weighted by molar-refractivity contribution is -0.142. The minimum atomic E-state index is -0.454. The van der Waals surface area contributed by atoms with Crippen molar-refractivity contribution in [2.24, 2.45) is 0 Å². The minimum Gasteiger partial charge on any atom is -0.465 e. The number of hydrogen-bond donors (Lipinski definition) is 0. The standard InChI is InChI=1S/C17H15Cl2N3O3S/c1-3-24-16(23)10(2)26-17-21-20-15(14-5-4-8-25-14)22(17)11-6-7-12(18)13(19)9-11/h4-10H,3H2,1-2H3/t10-/m0/s1. The molecule has 0 aliphatic carbocycles. The molecule has 0 N–H and O–H groups in total. The first-order valence-electron chi connectivity index (χ1n) is 7.79. The Morgan fingerprint density at radius 1 is 1.31 bits per heavy atom. The number of rotatable bonds is 6. The van der Waals surface area contributed by atoms with E-state index in [1.165, 1.54) is 11.8 Å². The number of carbonyl (C=O) groups is 1. The Hall–Kier alpha value is -1.96. The van der Waals surface area contributed by atoms with Gasteiger partial charge in [-0.25, -0.2) is 0 Å². The van der Waals surface area contributed by atoms with Crippen molar-refractivity contribution in [1.29, 1.82) is 0 Å². The highest BCUT2D eigenvalue weighted by atomic mass is 35.5. The number of ether oxygens (including phenoxy) is 1. The molecular formula is C17H15Cl2N3O3S. The number of halogens is 2. The molecule has 0 saturated carbocycles. The van der Waals surface area contributed by atoms with Crippen LogP contribution in [0.15, 0.2) is 46.2 Å². The molecule has 0 aliphatic rings. The van der Waals surface area contributed by atoms with Crippen LogP contribution in [0.25, 0.3) is 17.3 Å². The van der Waals surface area contributed by atoms with Gasteiger partial charge in [0.25, 0.3) is 0 Å². The normalized spacial score (nSPS) is 12.2. The number of carbonyl (C=O) groups excluding carboxylic acids is 1. The Morgan fingerprint density at radius 3 is 2.77 bits per heavy atom. The fourth-order valence-electron chi connectivity index (χ4n) is 2.23. The van der Waals surface area contributed by atoms with Gasteiger partial charge in [-0.15, -0.1) is 10.2 Å². The average Bonchev–Trinajstić information content (AvgIpc) is 3.27. The summed E-state index contributed by atoms with van der Waals surface area (Å²) in [5.41, 5.74) is 0.703. The molecule has 1 aromatic carbocycles. The van der Waals surface area contributed by atoms with E-state index in [-0.39, 0.29) is 5.97 Å². The lowest BCUT2D eigenvalue weighted by Gasteiger charge is -2.13. The molecule has 0 saturated heterocycles. The van der Waals surface area contributed by atoms with Crippen molar-refractivity contribution in [3.8, 4) is 17.3 Å². The maximum absolute atomic E-state index is 12.0. The minimum absolute atomic E-state index is 0.319. The van der Waals surface area contributed by atoms with Crippen molar-refractivity contribution >= 4 is 40.9 Å². The van der Waals surface area contributed by atoms with Gasteiger partial charge in [0.05, 0.1) is 28.6 Å². The van der Waals surface area contributed by atoms with Crippen LogP contribution in [0.4, 0.5) is 0 Å². The van der Waals surface area contributed by atoms with Crippen molar-refractivity contribution in [3.05, 3.63) is 46.6 Å². The van der Waals surface area contributed by atoms with Crippen molar-refractivity contribution in [1.82, 2.24) is 14.8 Å². The molecule has 1 atom stereocenters. The van der Waals surface area contributed by atoms with E-state index in [2.05, 4.69) is 10.2 Å². The van der Waals surface area contributed by atoms with Gasteiger partial charge in [-0.2, -0.15) is 0 Å². The van der Waals surface area contributed by atoms with Crippen LogP contribution in [-0.2, 0) is 9.53 Å². The molecule has 136 valence electrons. The molecule has 2 heterocycles. The number of nitrogens with zero attached hydrogens (tertiary/aromatic N) is 3. The molecule has 0 radical (unpaired) electrons. The summed E-state index contributed by atoms with van der Waals surface area (Å²) in [5, 5.41) is 9.33. The molecule has 9 heteroatoms. The molecule has 0 unspecified atom stereocenters. The smallest absolute Gasteiger partial charge is 0.319 e. The van der Waals surface area contributed by atoms with Crippen molar-refractivity contribution in [2.75, 3.05) is 6.61 Å². The number of furan rings is 1. The van der Waals surface area contributed by atoms with Gasteiger partial charge in [-0.05, 0) is 44.2 Å². The third-order valence-electron chi connectivity index (χ3n) is 3.44. The number of esters is 1. The molecule has 0 spiro atoms. The maximum Gasteiger partial charge on any atom is 0.319 e. The molecule has 0 aliphatic heterocycles. The monoisotopic (exact) mass is 411 g/mol. The molecule has 26 heavy (non-hydrogen) atoms. The van der Waals surface area contributed by atoms with Crippen LogP contribution in [0.2, 0.25) is 10.0 Å². The first kappa shape index (κ1) is 18.8.